The lowest BCUT2D eigenvalue weighted by atomic mass is 10.1. The third kappa shape index (κ3) is 27.2. The number of methoxy groups -OCH3 is 2. The predicted molar refractivity (Wildman–Crippen MR) is 333 cm³/mol. The smallest absolute Gasteiger partial charge is 0.407 e. The quantitative estimate of drug-likeness (QED) is 0.0114. The number of aliphatic hydroxyl groups is 5. The SMILES string of the molecule is CC(=O)c1ccc(F)c(F)c1.COC(CO)(OC)c1ccc(F)c(F)c1.NC(CO)c1ccc(F)c(F)c1.NC(CO)c1ccc(F)c(F)c1.O=C(CO)c1ccc(F)c(F)c1.O=C1NC(c2ccc(F)c(F)c2)CO1.O=C1N[C@@H](c2ccc(F)c(F)c2)CO1.OCC(=NO)c1ccc(F)c(F)c1. The normalized spacial score (nSPS) is 14.0. The Morgan fingerprint density at radius 1 is 0.456 bits per heavy atom. The van der Waals surface area contributed by atoms with Crippen molar-refractivity contribution in [2.45, 2.75) is 36.9 Å². The number of hydrogen-bond acceptors (Lipinski definition) is 17. The van der Waals surface area contributed by atoms with Crippen LogP contribution in [0.4, 0.5) is 79.8 Å². The fourth-order valence-corrected chi connectivity index (χ4v) is 7.89. The number of ketones is 2. The highest BCUT2D eigenvalue weighted by Gasteiger charge is 2.32. The van der Waals surface area contributed by atoms with Gasteiger partial charge in [0, 0.05) is 36.5 Å². The average Bonchev–Trinajstić information content (AvgIpc) is 1.22. The van der Waals surface area contributed by atoms with E-state index in [1.807, 2.05) is 0 Å². The number of ether oxygens (including phenoxy) is 4. The lowest BCUT2D eigenvalue weighted by molar-refractivity contribution is -0.236. The Labute approximate surface area is 574 Å². The summed E-state index contributed by atoms with van der Waals surface area (Å²) in [5.41, 5.74) is 12.9. The van der Waals surface area contributed by atoms with Crippen molar-refractivity contribution in [3.05, 3.63) is 283 Å². The van der Waals surface area contributed by atoms with Crippen LogP contribution in [0.1, 0.15) is 85.2 Å². The number of rotatable bonds is 15. The number of nitrogens with zero attached hydrogens (tertiary/aromatic N) is 1. The molecule has 2 aliphatic heterocycles. The van der Waals surface area contributed by atoms with Gasteiger partial charge in [0.2, 0.25) is 5.79 Å². The van der Waals surface area contributed by atoms with Crippen LogP contribution in [0.2, 0.25) is 0 Å². The van der Waals surface area contributed by atoms with E-state index in [4.69, 9.17) is 51.7 Å². The molecule has 0 radical (unpaired) electrons. The number of nitrogens with two attached hydrogens (primary N) is 2. The molecule has 0 spiro atoms. The first-order valence-corrected chi connectivity index (χ1v) is 29.1. The van der Waals surface area contributed by atoms with Gasteiger partial charge in [0.15, 0.2) is 105 Å². The van der Waals surface area contributed by atoms with E-state index in [-0.39, 0.29) is 60.2 Å². The Balaban J connectivity index is 0.000000306. The molecule has 3 unspecified atom stereocenters. The molecule has 2 aliphatic rings. The minimum Gasteiger partial charge on any atom is -0.447 e. The van der Waals surface area contributed by atoms with Gasteiger partial charge >= 0.3 is 12.2 Å². The number of benzene rings is 8. The van der Waals surface area contributed by atoms with Crippen molar-refractivity contribution in [3.63, 3.8) is 0 Å². The number of nitrogens with one attached hydrogen (secondary N) is 2. The van der Waals surface area contributed by atoms with E-state index in [0.717, 1.165) is 103 Å². The largest absolute Gasteiger partial charge is 0.447 e. The molecule has 12 N–H and O–H groups in total. The maximum absolute atomic E-state index is 13.0. The van der Waals surface area contributed by atoms with Crippen molar-refractivity contribution in [1.82, 2.24) is 10.6 Å². The van der Waals surface area contributed by atoms with Crippen LogP contribution in [0.15, 0.2) is 151 Å². The molecule has 2 saturated heterocycles. The van der Waals surface area contributed by atoms with Gasteiger partial charge in [-0.2, -0.15) is 0 Å². The lowest BCUT2D eigenvalue weighted by Gasteiger charge is -2.29. The van der Waals surface area contributed by atoms with E-state index < -0.39 is 161 Å². The Hall–Kier alpha value is -10.4. The Bertz CT molecular complexity index is 4030. The number of halogens is 16. The summed E-state index contributed by atoms with van der Waals surface area (Å²) in [4.78, 5) is 42.7. The molecule has 8 aromatic carbocycles. The molecular weight excluding hydrogens is 1410 g/mol. The number of alkyl carbamates (subject to hydrolysis) is 2. The molecule has 4 atom stereocenters. The van der Waals surface area contributed by atoms with Gasteiger partial charge in [-0.15, -0.1) is 0 Å². The second kappa shape index (κ2) is 42.8. The van der Waals surface area contributed by atoms with Crippen LogP contribution in [0.25, 0.3) is 0 Å². The molecular formula is C68H63F16N5O14. The molecule has 19 nitrogen and oxygen atoms in total. The maximum atomic E-state index is 13.0. The summed E-state index contributed by atoms with van der Waals surface area (Å²) < 4.78 is 220. The molecule has 0 aliphatic carbocycles. The first-order chi connectivity index (χ1) is 48.7. The number of carbonyl (C=O) groups excluding carboxylic acids is 4. The molecule has 556 valence electrons. The van der Waals surface area contributed by atoms with Gasteiger partial charge in [0.05, 0.1) is 44.0 Å². The minimum atomic E-state index is -1.45. The fraction of sp³-hybridized carbons (Fsp3) is 0.221. The standard InChI is InChI=1S/C10H12F2O3.2C9H7F2NO2.C8H7F2NO2.2C8H9F2NO.C8H6F2O2.C8H6F2O/c1-14-10(6-13,15-2)7-3-4-8(11)9(12)5-7;2*10-6-2-1-5(3-7(6)11)8-4-14-9(13)12-8;9-6-2-1-5(3-7(6)10)8(4-12)11-13;2*9-6-2-1-5(3-7(6)10)8(11)4-12;9-6-2-1-5(3-7(6)10)8(12)4-11;1-5(11)6-2-3-7(9)8(10)4-6/h3-5,13H,6H2,1-2H3;2*1-3,8H,4H2,(H,12,13);1-3,12-13H,4H2;2*1-3,8,12H,4,11H2;1-3,11H,4H2;2-4H,1H3/t;8-;;;;;;/m.1....../s1. The van der Waals surface area contributed by atoms with Gasteiger partial charge in [-0.25, -0.2) is 79.8 Å². The molecule has 2 heterocycles. The lowest BCUT2D eigenvalue weighted by Crippen LogP contribution is -2.35. The van der Waals surface area contributed by atoms with E-state index in [1.54, 1.807) is 0 Å². The van der Waals surface area contributed by atoms with Crippen molar-refractivity contribution in [3.8, 4) is 0 Å². The predicted octanol–water partition coefficient (Wildman–Crippen LogP) is 11.3. The van der Waals surface area contributed by atoms with Crippen molar-refractivity contribution < 1.29 is 139 Å². The molecule has 35 heteroatoms. The van der Waals surface area contributed by atoms with E-state index in [0.29, 0.717) is 22.3 Å². The zero-order valence-corrected chi connectivity index (χ0v) is 53.7. The molecule has 0 aromatic heterocycles. The highest BCUT2D eigenvalue weighted by molar-refractivity contribution is 6.01. The van der Waals surface area contributed by atoms with Gasteiger partial charge in [0.1, 0.15) is 32.1 Å². The topological polar surface area (TPSA) is 315 Å². The van der Waals surface area contributed by atoms with Gasteiger partial charge in [0.25, 0.3) is 0 Å². The molecule has 8 aromatic rings. The summed E-state index contributed by atoms with van der Waals surface area (Å²) in [5, 5.41) is 59.4. The molecule has 0 bridgehead atoms. The van der Waals surface area contributed by atoms with Crippen LogP contribution in [0.5, 0.6) is 0 Å². The van der Waals surface area contributed by atoms with Crippen molar-refractivity contribution in [1.29, 1.82) is 0 Å². The summed E-state index contributed by atoms with van der Waals surface area (Å²) in [5.74, 6) is -17.8. The summed E-state index contributed by atoms with van der Waals surface area (Å²) in [7, 11) is 2.61. The number of carbonyl (C=O) groups is 4. The maximum Gasteiger partial charge on any atom is 0.407 e. The van der Waals surface area contributed by atoms with Crippen LogP contribution in [0.3, 0.4) is 0 Å². The van der Waals surface area contributed by atoms with Crippen molar-refractivity contribution in [2.75, 3.05) is 60.5 Å². The average molecular weight is 1480 g/mol. The minimum absolute atomic E-state index is 0.0311. The van der Waals surface area contributed by atoms with Crippen LogP contribution in [-0.2, 0) is 24.7 Å². The molecule has 2 fully saturated rings. The van der Waals surface area contributed by atoms with Crippen LogP contribution < -0.4 is 22.1 Å². The Kier molecular flexibility index (Phi) is 36.1. The van der Waals surface area contributed by atoms with Gasteiger partial charge in [-0.05, 0) is 144 Å². The number of amides is 2. The van der Waals surface area contributed by atoms with E-state index in [2.05, 4.69) is 25.3 Å². The first kappa shape index (κ1) is 86.8. The zero-order chi connectivity index (χ0) is 77.4. The highest BCUT2D eigenvalue weighted by Crippen LogP contribution is 2.28. The number of aliphatic hydroxyl groups excluding tert-OH is 5. The van der Waals surface area contributed by atoms with E-state index in [1.165, 1.54) is 63.6 Å². The molecule has 10 rings (SSSR count). The Morgan fingerprint density at radius 2 is 0.777 bits per heavy atom. The van der Waals surface area contributed by atoms with Gasteiger partial charge < -0.3 is 71.8 Å². The van der Waals surface area contributed by atoms with Crippen molar-refractivity contribution in [2.24, 2.45) is 16.6 Å². The van der Waals surface area contributed by atoms with Crippen molar-refractivity contribution >= 4 is 29.5 Å². The third-order valence-corrected chi connectivity index (χ3v) is 13.6. The molecule has 103 heavy (non-hydrogen) atoms. The zero-order valence-electron chi connectivity index (χ0n) is 53.7. The van der Waals surface area contributed by atoms with Gasteiger partial charge in [-0.1, -0.05) is 35.5 Å². The van der Waals surface area contributed by atoms with E-state index in [9.17, 15) is 89.4 Å². The monoisotopic (exact) mass is 1480 g/mol. The second-order valence-electron chi connectivity index (χ2n) is 20.5. The van der Waals surface area contributed by atoms with Crippen LogP contribution in [0, 0.1) is 93.1 Å². The number of hydrogen-bond donors (Lipinski definition) is 10. The molecule has 2 amide bonds. The highest BCUT2D eigenvalue weighted by atomic mass is 19.2. The number of cyclic esters (lactones) is 2. The van der Waals surface area contributed by atoms with Crippen LogP contribution >= 0.6 is 0 Å². The second-order valence-corrected chi connectivity index (χ2v) is 20.5. The first-order valence-electron chi connectivity index (χ1n) is 29.1. The summed E-state index contributed by atoms with van der Waals surface area (Å²) in [6, 6.07) is 23.4. The number of Topliss-reactive ketones (excluding diaryl/α,β-unsaturated/α-hetero) is 2. The molecule has 0 saturated carbocycles. The number of oxime groups is 1. The summed E-state index contributed by atoms with van der Waals surface area (Å²) in [6.07, 6.45) is -1.08. The van der Waals surface area contributed by atoms with Crippen LogP contribution in [-0.4, -0.2) is 121 Å². The third-order valence-electron chi connectivity index (χ3n) is 13.6. The van der Waals surface area contributed by atoms with Gasteiger partial charge in [-0.3, -0.25) is 9.59 Å². The summed E-state index contributed by atoms with van der Waals surface area (Å²) >= 11 is 0. The summed E-state index contributed by atoms with van der Waals surface area (Å²) in [6.45, 7) is -0.728. The Morgan fingerprint density at radius 3 is 1.07 bits per heavy atom. The fourth-order valence-electron chi connectivity index (χ4n) is 7.89. The van der Waals surface area contributed by atoms with E-state index >= 15 is 0 Å².